The number of aliphatic hydroxyl groups excluding tert-OH is 1. The van der Waals surface area contributed by atoms with Crippen molar-refractivity contribution in [2.45, 2.75) is 46.7 Å². The van der Waals surface area contributed by atoms with Crippen molar-refractivity contribution >= 4 is 0 Å². The molecule has 0 amide bonds. The molecule has 2 N–H and O–H groups in total. The van der Waals surface area contributed by atoms with Gasteiger partial charge in [-0.2, -0.15) is 5.10 Å². The Kier molecular flexibility index (Phi) is 4.96. The largest absolute Gasteiger partial charge is 0.396 e. The van der Waals surface area contributed by atoms with E-state index >= 15 is 0 Å². The molecule has 92 valence electrons. The van der Waals surface area contributed by atoms with E-state index in [4.69, 9.17) is 5.11 Å². The van der Waals surface area contributed by atoms with Gasteiger partial charge in [0.15, 0.2) is 0 Å². The molecular weight excluding hydrogens is 202 g/mol. The molecule has 0 aromatic carbocycles. The van der Waals surface area contributed by atoms with Crippen LogP contribution in [0.4, 0.5) is 0 Å². The minimum absolute atomic E-state index is 0.218. The molecule has 1 aromatic rings. The highest BCUT2D eigenvalue weighted by molar-refractivity contribution is 5.22. The van der Waals surface area contributed by atoms with Gasteiger partial charge in [0.05, 0.1) is 12.2 Å². The predicted octanol–water partition coefficient (Wildman–Crippen LogP) is 1.17. The Morgan fingerprint density at radius 1 is 1.38 bits per heavy atom. The van der Waals surface area contributed by atoms with Crippen molar-refractivity contribution in [3.63, 3.8) is 0 Å². The Morgan fingerprint density at radius 2 is 2.06 bits per heavy atom. The number of hydrogen-bond acceptors (Lipinski definition) is 3. The lowest BCUT2D eigenvalue weighted by Gasteiger charge is -2.17. The number of aromatic nitrogens is 2. The second-order valence-electron chi connectivity index (χ2n) is 4.24. The van der Waals surface area contributed by atoms with Crippen molar-refractivity contribution in [3.05, 3.63) is 17.0 Å². The summed E-state index contributed by atoms with van der Waals surface area (Å²) in [6.07, 6.45) is 0.769. The predicted molar refractivity (Wildman–Crippen MR) is 65.6 cm³/mol. The third-order valence-corrected chi connectivity index (χ3v) is 3.11. The van der Waals surface area contributed by atoms with Gasteiger partial charge in [-0.25, -0.2) is 0 Å². The molecule has 1 atom stereocenters. The van der Waals surface area contributed by atoms with Crippen LogP contribution in [0.3, 0.4) is 0 Å². The maximum atomic E-state index is 9.00. The van der Waals surface area contributed by atoms with Gasteiger partial charge < -0.3 is 10.4 Å². The third-order valence-electron chi connectivity index (χ3n) is 3.11. The molecule has 1 heterocycles. The zero-order valence-corrected chi connectivity index (χ0v) is 10.7. The lowest BCUT2D eigenvalue weighted by atomic mass is 10.2. The first-order valence-electron chi connectivity index (χ1n) is 5.95. The maximum Gasteiger partial charge on any atom is 0.0625 e. The topological polar surface area (TPSA) is 50.1 Å². The summed E-state index contributed by atoms with van der Waals surface area (Å²) < 4.78 is 2.04. The van der Waals surface area contributed by atoms with Gasteiger partial charge >= 0.3 is 0 Å². The van der Waals surface area contributed by atoms with Crippen LogP contribution < -0.4 is 5.32 Å². The molecular formula is C12H23N3O. The number of likely N-dealkylation sites (N-methyl/N-ethyl adjacent to an activating group) is 1. The molecule has 16 heavy (non-hydrogen) atoms. The second-order valence-corrected chi connectivity index (χ2v) is 4.24. The van der Waals surface area contributed by atoms with Crippen LogP contribution in [0.1, 0.15) is 30.3 Å². The van der Waals surface area contributed by atoms with Crippen LogP contribution in [0.2, 0.25) is 0 Å². The molecule has 0 aliphatic rings. The minimum atomic E-state index is 0.218. The summed E-state index contributed by atoms with van der Waals surface area (Å²) in [4.78, 5) is 0. The van der Waals surface area contributed by atoms with Crippen LogP contribution in [-0.2, 0) is 6.54 Å². The first kappa shape index (κ1) is 13.2. The number of hydrogen-bond donors (Lipinski definition) is 2. The van der Waals surface area contributed by atoms with E-state index in [9.17, 15) is 0 Å². The minimum Gasteiger partial charge on any atom is -0.396 e. The highest BCUT2D eigenvalue weighted by atomic mass is 16.3. The zero-order valence-electron chi connectivity index (χ0n) is 10.7. The molecule has 0 saturated carbocycles. The second kappa shape index (κ2) is 6.01. The van der Waals surface area contributed by atoms with E-state index in [1.54, 1.807) is 0 Å². The lowest BCUT2D eigenvalue weighted by Crippen LogP contribution is -2.34. The fraction of sp³-hybridized carbons (Fsp3) is 0.750. The van der Waals surface area contributed by atoms with Gasteiger partial charge in [0.1, 0.15) is 0 Å². The number of nitrogens with zero attached hydrogens (tertiary/aromatic N) is 2. The summed E-state index contributed by atoms with van der Waals surface area (Å²) in [6.45, 7) is 10.3. The Morgan fingerprint density at radius 3 is 2.50 bits per heavy atom. The van der Waals surface area contributed by atoms with Crippen molar-refractivity contribution in [2.24, 2.45) is 0 Å². The van der Waals surface area contributed by atoms with Gasteiger partial charge in [0.2, 0.25) is 0 Å². The van der Waals surface area contributed by atoms with Crippen LogP contribution in [0, 0.1) is 20.8 Å². The van der Waals surface area contributed by atoms with Gasteiger partial charge in [-0.3, -0.25) is 4.68 Å². The van der Waals surface area contributed by atoms with E-state index in [2.05, 4.69) is 31.2 Å². The van der Waals surface area contributed by atoms with Crippen LogP contribution in [0.25, 0.3) is 0 Å². The van der Waals surface area contributed by atoms with Crippen LogP contribution >= 0.6 is 0 Å². The van der Waals surface area contributed by atoms with Gasteiger partial charge in [-0.05, 0) is 39.3 Å². The summed E-state index contributed by atoms with van der Waals surface area (Å²) >= 11 is 0. The van der Waals surface area contributed by atoms with Gasteiger partial charge in [0.25, 0.3) is 0 Å². The highest BCUT2D eigenvalue weighted by Crippen LogP contribution is 2.11. The van der Waals surface area contributed by atoms with Crippen molar-refractivity contribution < 1.29 is 5.11 Å². The number of nitrogens with one attached hydrogen (secondary N) is 1. The highest BCUT2D eigenvalue weighted by Gasteiger charge is 2.12. The average molecular weight is 225 g/mol. The first-order chi connectivity index (χ1) is 7.60. The van der Waals surface area contributed by atoms with Gasteiger partial charge in [0, 0.05) is 18.3 Å². The molecule has 0 aliphatic carbocycles. The summed E-state index contributed by atoms with van der Waals surface area (Å²) in [5.74, 6) is 0. The quantitative estimate of drug-likeness (QED) is 0.764. The molecule has 1 aromatic heterocycles. The Bertz CT molecular complexity index is 327. The summed E-state index contributed by atoms with van der Waals surface area (Å²) in [5.41, 5.74) is 3.58. The van der Waals surface area contributed by atoms with Crippen LogP contribution in [-0.4, -0.2) is 34.1 Å². The normalized spacial score (nSPS) is 13.1. The Hall–Kier alpha value is -0.870. The fourth-order valence-electron chi connectivity index (χ4n) is 1.88. The van der Waals surface area contributed by atoms with E-state index in [0.29, 0.717) is 6.04 Å². The molecule has 1 rings (SSSR count). The van der Waals surface area contributed by atoms with Crippen molar-refractivity contribution in [1.82, 2.24) is 15.1 Å². The van der Waals surface area contributed by atoms with E-state index in [0.717, 1.165) is 25.2 Å². The first-order valence-corrected chi connectivity index (χ1v) is 5.95. The summed E-state index contributed by atoms with van der Waals surface area (Å²) in [5, 5.41) is 16.9. The van der Waals surface area contributed by atoms with Gasteiger partial charge in [-0.15, -0.1) is 0 Å². The van der Waals surface area contributed by atoms with E-state index in [1.807, 2.05) is 11.6 Å². The van der Waals surface area contributed by atoms with E-state index < -0.39 is 0 Å². The molecule has 1 unspecified atom stereocenters. The van der Waals surface area contributed by atoms with Gasteiger partial charge in [-0.1, -0.05) is 6.92 Å². The smallest absolute Gasteiger partial charge is 0.0625 e. The summed E-state index contributed by atoms with van der Waals surface area (Å²) in [7, 11) is 0. The van der Waals surface area contributed by atoms with Crippen LogP contribution in [0.5, 0.6) is 0 Å². The zero-order chi connectivity index (χ0) is 12.1. The molecule has 0 radical (unpaired) electrons. The molecule has 0 bridgehead atoms. The Labute approximate surface area is 97.7 Å². The number of aryl methyl sites for hydroxylation is 1. The summed E-state index contributed by atoms with van der Waals surface area (Å²) in [6, 6.07) is 0.299. The monoisotopic (exact) mass is 225 g/mol. The third kappa shape index (κ3) is 3.06. The van der Waals surface area contributed by atoms with E-state index in [-0.39, 0.29) is 6.61 Å². The van der Waals surface area contributed by atoms with E-state index in [1.165, 1.54) is 11.3 Å². The van der Waals surface area contributed by atoms with Crippen molar-refractivity contribution in [2.75, 3.05) is 13.2 Å². The Balaban J connectivity index is 2.72. The maximum absolute atomic E-state index is 9.00. The molecule has 4 nitrogen and oxygen atoms in total. The molecule has 4 heteroatoms. The van der Waals surface area contributed by atoms with Crippen molar-refractivity contribution in [1.29, 1.82) is 0 Å². The fourth-order valence-corrected chi connectivity index (χ4v) is 1.88. The molecule has 0 saturated heterocycles. The molecule has 0 fully saturated rings. The van der Waals surface area contributed by atoms with Crippen molar-refractivity contribution in [3.8, 4) is 0 Å². The number of rotatable bonds is 6. The SMILES string of the molecule is CCNC(CCO)Cn1nc(C)c(C)c1C. The number of aliphatic hydroxyl groups is 1. The molecule has 0 aliphatic heterocycles. The average Bonchev–Trinajstić information content (AvgIpc) is 2.47. The molecule has 0 spiro atoms. The standard InChI is InChI=1S/C12H23N3O/c1-5-13-12(6-7-16)8-15-11(4)9(2)10(3)14-15/h12-13,16H,5-8H2,1-4H3. The van der Waals surface area contributed by atoms with Crippen LogP contribution in [0.15, 0.2) is 0 Å². The lowest BCUT2D eigenvalue weighted by molar-refractivity contribution is 0.254.